The Bertz CT molecular complexity index is 957. The van der Waals surface area contributed by atoms with Crippen LogP contribution in [0.4, 0.5) is 5.69 Å². The standard InChI is InChI=1S/C22H22N2O4/c1-23(18-8-6-14-4-2-3-5-17(14)18)22(26)15-10-21(25)24(12-15)16-7-9-19-20(11-16)28-13-27-19/h2-5,7,9,11,15,18H,6,8,10,12-13H2,1H3. The zero-order valence-corrected chi connectivity index (χ0v) is 15.8. The molecule has 1 aliphatic carbocycles. The highest BCUT2D eigenvalue weighted by atomic mass is 16.7. The van der Waals surface area contributed by atoms with Gasteiger partial charge in [0.25, 0.3) is 0 Å². The van der Waals surface area contributed by atoms with Gasteiger partial charge in [0.1, 0.15) is 0 Å². The second kappa shape index (κ2) is 6.55. The van der Waals surface area contributed by atoms with Crippen LogP contribution in [0, 0.1) is 5.92 Å². The molecule has 0 saturated carbocycles. The first-order chi connectivity index (χ1) is 13.6. The van der Waals surface area contributed by atoms with Crippen molar-refractivity contribution in [1.29, 1.82) is 0 Å². The van der Waals surface area contributed by atoms with Gasteiger partial charge in [-0.15, -0.1) is 0 Å². The molecule has 3 aliphatic rings. The van der Waals surface area contributed by atoms with Gasteiger partial charge in [-0.25, -0.2) is 0 Å². The third kappa shape index (κ3) is 2.71. The Hall–Kier alpha value is -3.02. The maximum atomic E-state index is 13.2. The van der Waals surface area contributed by atoms with Crippen LogP contribution >= 0.6 is 0 Å². The van der Waals surface area contributed by atoms with Gasteiger partial charge in [-0.3, -0.25) is 9.59 Å². The van der Waals surface area contributed by atoms with E-state index in [-0.39, 0.29) is 37.0 Å². The molecule has 6 heteroatoms. The van der Waals surface area contributed by atoms with Gasteiger partial charge in [-0.05, 0) is 36.1 Å². The molecule has 2 unspecified atom stereocenters. The van der Waals surface area contributed by atoms with E-state index in [9.17, 15) is 9.59 Å². The summed E-state index contributed by atoms with van der Waals surface area (Å²) in [7, 11) is 1.86. The first kappa shape index (κ1) is 17.1. The molecule has 1 saturated heterocycles. The fourth-order valence-corrected chi connectivity index (χ4v) is 4.55. The summed E-state index contributed by atoms with van der Waals surface area (Å²) in [5, 5.41) is 0. The smallest absolute Gasteiger partial charge is 0.231 e. The van der Waals surface area contributed by atoms with E-state index in [1.807, 2.05) is 42.3 Å². The molecule has 0 spiro atoms. The van der Waals surface area contributed by atoms with Crippen LogP contribution in [0.15, 0.2) is 42.5 Å². The zero-order valence-electron chi connectivity index (χ0n) is 15.8. The zero-order chi connectivity index (χ0) is 19.3. The number of benzene rings is 2. The summed E-state index contributed by atoms with van der Waals surface area (Å²) in [6.45, 7) is 0.595. The summed E-state index contributed by atoms with van der Waals surface area (Å²) in [5.74, 6) is 1.01. The van der Waals surface area contributed by atoms with E-state index < -0.39 is 0 Å². The van der Waals surface area contributed by atoms with E-state index >= 15 is 0 Å². The van der Waals surface area contributed by atoms with Gasteiger partial charge >= 0.3 is 0 Å². The number of nitrogens with zero attached hydrogens (tertiary/aromatic N) is 2. The Labute approximate surface area is 163 Å². The molecule has 1 fully saturated rings. The Morgan fingerprint density at radius 1 is 1.14 bits per heavy atom. The van der Waals surface area contributed by atoms with Crippen LogP contribution in [0.1, 0.15) is 30.0 Å². The number of hydrogen-bond donors (Lipinski definition) is 0. The topological polar surface area (TPSA) is 59.1 Å². The Morgan fingerprint density at radius 2 is 1.96 bits per heavy atom. The van der Waals surface area contributed by atoms with E-state index in [1.54, 1.807) is 4.90 Å². The second-order valence-corrected chi connectivity index (χ2v) is 7.65. The van der Waals surface area contributed by atoms with E-state index in [0.29, 0.717) is 18.0 Å². The van der Waals surface area contributed by atoms with Crippen molar-refractivity contribution in [2.24, 2.45) is 5.92 Å². The van der Waals surface area contributed by atoms with E-state index in [0.717, 1.165) is 18.5 Å². The van der Waals surface area contributed by atoms with Crippen LogP contribution in [0.3, 0.4) is 0 Å². The molecule has 28 heavy (non-hydrogen) atoms. The first-order valence-corrected chi connectivity index (χ1v) is 9.66. The van der Waals surface area contributed by atoms with Crippen molar-refractivity contribution < 1.29 is 19.1 Å². The minimum atomic E-state index is -0.323. The number of carbonyl (C=O) groups is 2. The normalized spacial score (nSPS) is 22.5. The van der Waals surface area contributed by atoms with Crippen LogP contribution in [0.5, 0.6) is 11.5 Å². The molecule has 144 valence electrons. The maximum absolute atomic E-state index is 13.2. The van der Waals surface area contributed by atoms with Gasteiger partial charge in [-0.1, -0.05) is 24.3 Å². The van der Waals surface area contributed by atoms with Crippen LogP contribution < -0.4 is 14.4 Å². The van der Waals surface area contributed by atoms with Gasteiger partial charge in [0.15, 0.2) is 11.5 Å². The van der Waals surface area contributed by atoms with E-state index in [2.05, 4.69) is 12.1 Å². The number of amides is 2. The average Bonchev–Trinajstić information content (AvgIpc) is 3.44. The summed E-state index contributed by atoms with van der Waals surface area (Å²) in [4.78, 5) is 29.3. The van der Waals surface area contributed by atoms with Crippen molar-refractivity contribution in [3.05, 3.63) is 53.6 Å². The lowest BCUT2D eigenvalue weighted by Crippen LogP contribution is -2.36. The molecular weight excluding hydrogens is 356 g/mol. The molecule has 0 radical (unpaired) electrons. The number of hydrogen-bond acceptors (Lipinski definition) is 4. The molecule has 2 heterocycles. The van der Waals surface area contributed by atoms with Crippen molar-refractivity contribution in [1.82, 2.24) is 4.90 Å². The molecule has 0 bridgehead atoms. The van der Waals surface area contributed by atoms with Crippen LogP contribution in [-0.4, -0.2) is 37.1 Å². The number of carbonyl (C=O) groups excluding carboxylic acids is 2. The number of aryl methyl sites for hydroxylation is 1. The molecule has 2 aliphatic heterocycles. The van der Waals surface area contributed by atoms with Gasteiger partial charge in [-0.2, -0.15) is 0 Å². The summed E-state index contributed by atoms with van der Waals surface area (Å²) in [5.41, 5.74) is 3.30. The summed E-state index contributed by atoms with van der Waals surface area (Å²) in [6.07, 6.45) is 2.17. The highest BCUT2D eigenvalue weighted by Crippen LogP contribution is 2.39. The van der Waals surface area contributed by atoms with E-state index in [4.69, 9.17) is 9.47 Å². The predicted molar refractivity (Wildman–Crippen MR) is 103 cm³/mol. The average molecular weight is 378 g/mol. The third-order valence-electron chi connectivity index (χ3n) is 6.06. The monoisotopic (exact) mass is 378 g/mol. The highest BCUT2D eigenvalue weighted by molar-refractivity contribution is 6.00. The third-order valence-corrected chi connectivity index (χ3v) is 6.06. The van der Waals surface area contributed by atoms with Crippen molar-refractivity contribution in [3.8, 4) is 11.5 Å². The van der Waals surface area contributed by atoms with E-state index in [1.165, 1.54) is 11.1 Å². The fourth-order valence-electron chi connectivity index (χ4n) is 4.55. The molecular formula is C22H22N2O4. The van der Waals surface area contributed by atoms with Gasteiger partial charge < -0.3 is 19.3 Å². The molecule has 6 nitrogen and oxygen atoms in total. The van der Waals surface area contributed by atoms with Gasteiger partial charge in [0, 0.05) is 31.8 Å². The molecule has 2 atom stereocenters. The summed E-state index contributed by atoms with van der Waals surface area (Å²) >= 11 is 0. The van der Waals surface area contributed by atoms with Crippen molar-refractivity contribution in [3.63, 3.8) is 0 Å². The first-order valence-electron chi connectivity index (χ1n) is 9.66. The lowest BCUT2D eigenvalue weighted by Gasteiger charge is -2.28. The fraction of sp³-hybridized carbons (Fsp3) is 0.364. The predicted octanol–water partition coefficient (Wildman–Crippen LogP) is 2.91. The number of fused-ring (bicyclic) bond motifs is 2. The Morgan fingerprint density at radius 3 is 2.86 bits per heavy atom. The lowest BCUT2D eigenvalue weighted by atomic mass is 10.0. The molecule has 5 rings (SSSR count). The second-order valence-electron chi connectivity index (χ2n) is 7.65. The largest absolute Gasteiger partial charge is 0.454 e. The van der Waals surface area contributed by atoms with Crippen LogP contribution in [0.2, 0.25) is 0 Å². The molecule has 2 amide bonds. The molecule has 2 aromatic rings. The van der Waals surface area contributed by atoms with Crippen molar-refractivity contribution in [2.45, 2.75) is 25.3 Å². The Kier molecular flexibility index (Phi) is 4.00. The quantitative estimate of drug-likeness (QED) is 0.824. The molecule has 2 aromatic carbocycles. The van der Waals surface area contributed by atoms with Crippen molar-refractivity contribution >= 4 is 17.5 Å². The number of anilines is 1. The van der Waals surface area contributed by atoms with Gasteiger partial charge in [0.05, 0.1) is 12.0 Å². The van der Waals surface area contributed by atoms with Crippen LogP contribution in [-0.2, 0) is 16.0 Å². The number of ether oxygens (including phenoxy) is 2. The van der Waals surface area contributed by atoms with Gasteiger partial charge in [0.2, 0.25) is 18.6 Å². The maximum Gasteiger partial charge on any atom is 0.231 e. The minimum absolute atomic E-state index is 0.0302. The summed E-state index contributed by atoms with van der Waals surface area (Å²) in [6, 6.07) is 13.9. The Balaban J connectivity index is 1.32. The number of rotatable bonds is 3. The molecule has 0 N–H and O–H groups in total. The van der Waals surface area contributed by atoms with Crippen molar-refractivity contribution in [2.75, 3.05) is 25.3 Å². The lowest BCUT2D eigenvalue weighted by molar-refractivity contribution is -0.136. The van der Waals surface area contributed by atoms with Crippen LogP contribution in [0.25, 0.3) is 0 Å². The SMILES string of the molecule is CN(C(=O)C1CC(=O)N(c2ccc3c(c2)OCO3)C1)C1CCc2ccccc21. The minimum Gasteiger partial charge on any atom is -0.454 e. The highest BCUT2D eigenvalue weighted by Gasteiger charge is 2.39. The molecule has 0 aromatic heterocycles. The summed E-state index contributed by atoms with van der Waals surface area (Å²) < 4.78 is 10.7.